The Morgan fingerprint density at radius 3 is 2.60 bits per heavy atom. The third kappa shape index (κ3) is 2.72. The quantitative estimate of drug-likeness (QED) is 0.913. The average Bonchev–Trinajstić information content (AvgIpc) is 3.32. The second-order valence-corrected chi connectivity index (χ2v) is 6.11. The summed E-state index contributed by atoms with van der Waals surface area (Å²) < 4.78 is 0. The highest BCUT2D eigenvalue weighted by molar-refractivity contribution is 5.33. The lowest BCUT2D eigenvalue weighted by atomic mass is 9.84. The normalized spacial score (nSPS) is 27.2. The molecule has 2 fully saturated rings. The smallest absolute Gasteiger partial charge is 0.0991 e. The van der Waals surface area contributed by atoms with Crippen molar-refractivity contribution in [1.82, 2.24) is 10.2 Å². The molecular formula is C17H23N3. The molecule has 0 amide bonds. The van der Waals surface area contributed by atoms with Gasteiger partial charge in [0.05, 0.1) is 11.6 Å². The van der Waals surface area contributed by atoms with Crippen molar-refractivity contribution in [2.24, 2.45) is 5.92 Å². The number of rotatable bonds is 4. The average molecular weight is 269 g/mol. The fourth-order valence-electron chi connectivity index (χ4n) is 3.61. The Morgan fingerprint density at radius 1 is 1.25 bits per heavy atom. The van der Waals surface area contributed by atoms with Gasteiger partial charge in [0.15, 0.2) is 0 Å². The minimum Gasteiger partial charge on any atom is -0.319 e. The molecule has 3 nitrogen and oxygen atoms in total. The molecule has 2 unspecified atom stereocenters. The lowest BCUT2D eigenvalue weighted by Crippen LogP contribution is -2.43. The molecule has 20 heavy (non-hydrogen) atoms. The zero-order valence-corrected chi connectivity index (χ0v) is 12.2. The molecule has 2 aliphatic rings. The summed E-state index contributed by atoms with van der Waals surface area (Å²) in [5, 5.41) is 12.3. The molecule has 106 valence electrons. The number of benzene rings is 1. The first-order valence-electron chi connectivity index (χ1n) is 7.74. The van der Waals surface area contributed by atoms with E-state index < -0.39 is 0 Å². The molecule has 1 saturated heterocycles. The zero-order chi connectivity index (χ0) is 13.9. The first-order chi connectivity index (χ1) is 9.83. The van der Waals surface area contributed by atoms with E-state index in [1.807, 2.05) is 19.2 Å². The van der Waals surface area contributed by atoms with E-state index in [4.69, 9.17) is 5.26 Å². The fourth-order valence-corrected chi connectivity index (χ4v) is 3.61. The molecule has 1 aromatic carbocycles. The van der Waals surface area contributed by atoms with Gasteiger partial charge in [0.25, 0.3) is 0 Å². The summed E-state index contributed by atoms with van der Waals surface area (Å²) in [7, 11) is 2.05. The molecule has 0 aromatic heterocycles. The Hall–Kier alpha value is -1.37. The van der Waals surface area contributed by atoms with Gasteiger partial charge in [-0.1, -0.05) is 12.1 Å². The standard InChI is InChI=1S/C17H23N3/c1-19-12-15-3-2-10-20(16-8-9-16)17(15)14-6-4-13(11-18)5-7-14/h4-7,15-17,19H,2-3,8-10,12H2,1H3. The minimum absolute atomic E-state index is 0.524. The molecule has 1 aliphatic carbocycles. The first-order valence-corrected chi connectivity index (χ1v) is 7.74. The third-order valence-electron chi connectivity index (χ3n) is 4.66. The van der Waals surface area contributed by atoms with Crippen LogP contribution in [-0.2, 0) is 0 Å². The van der Waals surface area contributed by atoms with E-state index in [1.54, 1.807) is 0 Å². The number of piperidine rings is 1. The molecule has 3 heteroatoms. The maximum absolute atomic E-state index is 8.95. The van der Waals surface area contributed by atoms with Gasteiger partial charge in [-0.05, 0) is 69.4 Å². The predicted molar refractivity (Wildman–Crippen MR) is 80.3 cm³/mol. The van der Waals surface area contributed by atoms with E-state index in [2.05, 4.69) is 28.4 Å². The highest BCUT2D eigenvalue weighted by atomic mass is 15.2. The van der Waals surface area contributed by atoms with Crippen LogP contribution < -0.4 is 5.32 Å². The molecule has 0 bridgehead atoms. The van der Waals surface area contributed by atoms with Crippen LogP contribution in [0, 0.1) is 17.2 Å². The van der Waals surface area contributed by atoms with E-state index in [0.717, 1.165) is 18.2 Å². The molecule has 0 radical (unpaired) electrons. The molecule has 1 N–H and O–H groups in total. The van der Waals surface area contributed by atoms with Crippen molar-refractivity contribution in [2.45, 2.75) is 37.8 Å². The van der Waals surface area contributed by atoms with Crippen molar-refractivity contribution in [3.63, 3.8) is 0 Å². The SMILES string of the molecule is CNCC1CCCN(C2CC2)C1c1ccc(C#N)cc1. The molecule has 1 saturated carbocycles. The van der Waals surface area contributed by atoms with E-state index in [0.29, 0.717) is 12.0 Å². The number of hydrogen-bond acceptors (Lipinski definition) is 3. The second-order valence-electron chi connectivity index (χ2n) is 6.11. The molecule has 2 atom stereocenters. The lowest BCUT2D eigenvalue weighted by Gasteiger charge is -2.42. The van der Waals surface area contributed by atoms with Crippen molar-refractivity contribution < 1.29 is 0 Å². The van der Waals surface area contributed by atoms with Crippen LogP contribution in [0.3, 0.4) is 0 Å². The van der Waals surface area contributed by atoms with Gasteiger partial charge in [0.2, 0.25) is 0 Å². The minimum atomic E-state index is 0.524. The lowest BCUT2D eigenvalue weighted by molar-refractivity contribution is 0.0845. The zero-order valence-electron chi connectivity index (χ0n) is 12.2. The number of likely N-dealkylation sites (tertiary alicyclic amines) is 1. The third-order valence-corrected chi connectivity index (χ3v) is 4.66. The summed E-state index contributed by atoms with van der Waals surface area (Å²) in [6.45, 7) is 2.31. The largest absolute Gasteiger partial charge is 0.319 e. The van der Waals surface area contributed by atoms with Crippen LogP contribution in [0.25, 0.3) is 0 Å². The van der Waals surface area contributed by atoms with E-state index in [9.17, 15) is 0 Å². The molecule has 1 heterocycles. The van der Waals surface area contributed by atoms with Gasteiger partial charge in [0.1, 0.15) is 0 Å². The van der Waals surface area contributed by atoms with Crippen LogP contribution in [0.15, 0.2) is 24.3 Å². The highest BCUT2D eigenvalue weighted by Gasteiger charge is 2.40. The van der Waals surface area contributed by atoms with Crippen molar-refractivity contribution in [3.05, 3.63) is 35.4 Å². The van der Waals surface area contributed by atoms with Gasteiger partial charge >= 0.3 is 0 Å². The summed E-state index contributed by atoms with van der Waals surface area (Å²) in [6, 6.07) is 11.8. The van der Waals surface area contributed by atoms with Gasteiger partial charge in [0, 0.05) is 12.1 Å². The van der Waals surface area contributed by atoms with Crippen molar-refractivity contribution in [3.8, 4) is 6.07 Å². The maximum atomic E-state index is 8.95. The maximum Gasteiger partial charge on any atom is 0.0991 e. The van der Waals surface area contributed by atoms with Gasteiger partial charge < -0.3 is 5.32 Å². The monoisotopic (exact) mass is 269 g/mol. The Balaban J connectivity index is 1.87. The van der Waals surface area contributed by atoms with Crippen LogP contribution in [0.2, 0.25) is 0 Å². The Bertz CT molecular complexity index is 482. The second kappa shape index (κ2) is 5.95. The Morgan fingerprint density at radius 2 is 2.00 bits per heavy atom. The molecular weight excluding hydrogens is 246 g/mol. The van der Waals surface area contributed by atoms with Crippen molar-refractivity contribution in [1.29, 1.82) is 5.26 Å². The van der Waals surface area contributed by atoms with Gasteiger partial charge in [-0.3, -0.25) is 4.90 Å². The summed E-state index contributed by atoms with van der Waals surface area (Å²) in [5.41, 5.74) is 2.14. The van der Waals surface area contributed by atoms with E-state index in [-0.39, 0.29) is 0 Å². The Labute approximate surface area is 121 Å². The predicted octanol–water partition coefficient (Wildman–Crippen LogP) is 2.69. The summed E-state index contributed by atoms with van der Waals surface area (Å²) >= 11 is 0. The van der Waals surface area contributed by atoms with Crippen LogP contribution in [-0.4, -0.2) is 31.1 Å². The summed E-state index contributed by atoms with van der Waals surface area (Å²) in [5.74, 6) is 0.683. The van der Waals surface area contributed by atoms with E-state index >= 15 is 0 Å². The first kappa shape index (κ1) is 13.6. The van der Waals surface area contributed by atoms with Crippen LogP contribution >= 0.6 is 0 Å². The van der Waals surface area contributed by atoms with Crippen LogP contribution in [0.4, 0.5) is 0 Å². The summed E-state index contributed by atoms with van der Waals surface area (Å²) in [4.78, 5) is 2.72. The van der Waals surface area contributed by atoms with Gasteiger partial charge in [-0.15, -0.1) is 0 Å². The fraction of sp³-hybridized carbons (Fsp3) is 0.588. The van der Waals surface area contributed by atoms with Crippen LogP contribution in [0.5, 0.6) is 0 Å². The Kier molecular flexibility index (Phi) is 4.05. The van der Waals surface area contributed by atoms with Crippen molar-refractivity contribution in [2.75, 3.05) is 20.1 Å². The van der Waals surface area contributed by atoms with E-state index in [1.165, 1.54) is 37.8 Å². The number of hydrogen-bond donors (Lipinski definition) is 1. The van der Waals surface area contributed by atoms with Gasteiger partial charge in [-0.2, -0.15) is 5.26 Å². The number of nitrogens with one attached hydrogen (secondary N) is 1. The van der Waals surface area contributed by atoms with Crippen LogP contribution in [0.1, 0.15) is 42.9 Å². The topological polar surface area (TPSA) is 39.1 Å². The summed E-state index contributed by atoms with van der Waals surface area (Å²) in [6.07, 6.45) is 5.34. The number of nitriles is 1. The van der Waals surface area contributed by atoms with Gasteiger partial charge in [-0.25, -0.2) is 0 Å². The molecule has 1 aliphatic heterocycles. The highest BCUT2D eigenvalue weighted by Crippen LogP contribution is 2.42. The van der Waals surface area contributed by atoms with Crippen molar-refractivity contribution >= 4 is 0 Å². The number of nitrogens with zero attached hydrogens (tertiary/aromatic N) is 2. The molecule has 3 rings (SSSR count). The molecule has 1 aromatic rings. The molecule has 0 spiro atoms.